The van der Waals surface area contributed by atoms with Gasteiger partial charge in [-0.2, -0.15) is 0 Å². The molecule has 5 N–H and O–H groups in total. The molecular formula is C17H31NO5. The molecule has 0 aliphatic heterocycles. The van der Waals surface area contributed by atoms with Crippen LogP contribution in [0.25, 0.3) is 0 Å². The highest BCUT2D eigenvalue weighted by atomic mass is 16.4. The molecular weight excluding hydrogens is 298 g/mol. The van der Waals surface area contributed by atoms with Crippen LogP contribution in [0.5, 0.6) is 0 Å². The van der Waals surface area contributed by atoms with Gasteiger partial charge in [0.05, 0.1) is 12.7 Å². The Bertz CT molecular complexity index is 383. The summed E-state index contributed by atoms with van der Waals surface area (Å²) in [4.78, 5) is 22.5. The summed E-state index contributed by atoms with van der Waals surface area (Å²) in [6.07, 6.45) is 9.10. The second-order valence-corrected chi connectivity index (χ2v) is 5.96. The number of nitrogens with two attached hydrogens (primary N) is 1. The van der Waals surface area contributed by atoms with Crippen molar-refractivity contribution in [2.24, 2.45) is 5.73 Å². The maximum absolute atomic E-state index is 11.6. The van der Waals surface area contributed by atoms with Crippen LogP contribution < -0.4 is 5.73 Å². The molecule has 0 amide bonds. The molecule has 23 heavy (non-hydrogen) atoms. The second-order valence-electron chi connectivity index (χ2n) is 5.96. The van der Waals surface area contributed by atoms with E-state index in [1.165, 1.54) is 6.42 Å². The molecule has 0 saturated heterocycles. The normalized spacial score (nSPS) is 15.5. The van der Waals surface area contributed by atoms with E-state index >= 15 is 0 Å². The van der Waals surface area contributed by atoms with E-state index in [2.05, 4.69) is 6.92 Å². The number of Topliss-reactive ketones (excluding diaryl/α,β-unsaturated/α-hetero) is 1. The highest BCUT2D eigenvalue weighted by molar-refractivity contribution is 5.79. The number of carbonyl (C=O) groups excluding carboxylic acids is 1. The molecule has 0 bridgehead atoms. The van der Waals surface area contributed by atoms with Gasteiger partial charge in [0.25, 0.3) is 0 Å². The molecule has 0 aliphatic rings. The first-order valence-electron chi connectivity index (χ1n) is 8.36. The summed E-state index contributed by atoms with van der Waals surface area (Å²) in [5, 5.41) is 27.7. The Labute approximate surface area is 138 Å². The van der Waals surface area contributed by atoms with Crippen LogP contribution >= 0.6 is 0 Å². The first-order chi connectivity index (χ1) is 10.9. The largest absolute Gasteiger partial charge is 0.480 e. The van der Waals surface area contributed by atoms with E-state index < -0.39 is 24.2 Å². The lowest BCUT2D eigenvalue weighted by Gasteiger charge is -2.27. The molecule has 0 aromatic rings. The fraction of sp³-hybridized carbons (Fsp3) is 0.765. The van der Waals surface area contributed by atoms with E-state index in [1.807, 2.05) is 6.08 Å². The van der Waals surface area contributed by atoms with Gasteiger partial charge in [-0.15, -0.1) is 0 Å². The molecule has 6 nitrogen and oxygen atoms in total. The van der Waals surface area contributed by atoms with Crippen LogP contribution in [0.2, 0.25) is 0 Å². The summed E-state index contributed by atoms with van der Waals surface area (Å²) in [5.74, 6) is -1.16. The van der Waals surface area contributed by atoms with Gasteiger partial charge in [0.2, 0.25) is 0 Å². The standard InChI is InChI=1S/C17H31NO5/c1-2-3-4-7-10-14(20)11-8-5-6-9-12-15(21)17(18,13-19)16(22)23/h5-6,15,19,21H,2-4,7-13,18H2,1H3,(H,22,23)/b6-5+/t15-,17-/m0/s1. The summed E-state index contributed by atoms with van der Waals surface area (Å²) < 4.78 is 0. The highest BCUT2D eigenvalue weighted by Gasteiger charge is 2.40. The van der Waals surface area contributed by atoms with Crippen LogP contribution in [0.15, 0.2) is 12.2 Å². The van der Waals surface area contributed by atoms with E-state index in [9.17, 15) is 14.7 Å². The van der Waals surface area contributed by atoms with Crippen LogP contribution in [-0.2, 0) is 9.59 Å². The summed E-state index contributed by atoms with van der Waals surface area (Å²) in [5.41, 5.74) is 3.44. The Morgan fingerprint density at radius 1 is 1.13 bits per heavy atom. The molecule has 0 aromatic carbocycles. The fourth-order valence-corrected chi connectivity index (χ4v) is 2.18. The summed E-state index contributed by atoms with van der Waals surface area (Å²) in [6.45, 7) is 1.31. The van der Waals surface area contributed by atoms with Crippen molar-refractivity contribution in [3.63, 3.8) is 0 Å². The lowest BCUT2D eigenvalue weighted by atomic mass is 9.91. The average molecular weight is 329 g/mol. The van der Waals surface area contributed by atoms with Gasteiger partial charge >= 0.3 is 5.97 Å². The number of rotatable bonds is 14. The van der Waals surface area contributed by atoms with Gasteiger partial charge in [0.15, 0.2) is 5.54 Å². The van der Waals surface area contributed by atoms with Crippen molar-refractivity contribution in [2.45, 2.75) is 76.4 Å². The summed E-state index contributed by atoms with van der Waals surface area (Å²) in [6, 6.07) is 0. The van der Waals surface area contributed by atoms with Crippen LogP contribution in [0.4, 0.5) is 0 Å². The number of hydrogen-bond donors (Lipinski definition) is 4. The summed E-state index contributed by atoms with van der Waals surface area (Å²) >= 11 is 0. The number of ketones is 1. The Morgan fingerprint density at radius 3 is 2.35 bits per heavy atom. The Hall–Kier alpha value is -1.24. The SMILES string of the molecule is CCCCCCC(=O)CC/C=C/CC[C@H](O)[C@@](N)(CO)C(=O)O. The number of unbranched alkanes of at least 4 members (excludes halogenated alkanes) is 3. The van der Waals surface area contributed by atoms with E-state index in [0.717, 1.165) is 19.3 Å². The minimum Gasteiger partial charge on any atom is -0.480 e. The molecule has 0 saturated carbocycles. The third-order valence-electron chi connectivity index (χ3n) is 3.93. The molecule has 0 spiro atoms. The van der Waals surface area contributed by atoms with Crippen molar-refractivity contribution in [3.8, 4) is 0 Å². The zero-order valence-corrected chi connectivity index (χ0v) is 14.0. The van der Waals surface area contributed by atoms with Crippen LogP contribution in [0, 0.1) is 0 Å². The number of aliphatic hydroxyl groups excluding tert-OH is 2. The van der Waals surface area contributed by atoms with E-state index in [4.69, 9.17) is 15.9 Å². The minimum atomic E-state index is -2.03. The Morgan fingerprint density at radius 2 is 1.78 bits per heavy atom. The molecule has 0 fully saturated rings. The zero-order chi connectivity index (χ0) is 17.7. The third kappa shape index (κ3) is 8.83. The Balaban J connectivity index is 3.87. The number of hydrogen-bond acceptors (Lipinski definition) is 5. The van der Waals surface area contributed by atoms with Gasteiger partial charge in [0.1, 0.15) is 5.78 Å². The van der Waals surface area contributed by atoms with Crippen molar-refractivity contribution in [2.75, 3.05) is 6.61 Å². The number of carboxylic acids is 1. The van der Waals surface area contributed by atoms with Crippen molar-refractivity contribution >= 4 is 11.8 Å². The molecule has 2 atom stereocenters. The van der Waals surface area contributed by atoms with Crippen LogP contribution in [-0.4, -0.2) is 45.3 Å². The third-order valence-corrected chi connectivity index (χ3v) is 3.93. The Kier molecular flexibility index (Phi) is 11.6. The number of carboxylic acid groups (broad SMARTS) is 1. The quantitative estimate of drug-likeness (QED) is 0.285. The van der Waals surface area contributed by atoms with Gasteiger partial charge in [0, 0.05) is 12.8 Å². The minimum absolute atomic E-state index is 0.144. The number of aliphatic carboxylic acids is 1. The van der Waals surface area contributed by atoms with E-state index in [1.54, 1.807) is 6.08 Å². The van der Waals surface area contributed by atoms with Gasteiger partial charge in [-0.1, -0.05) is 38.3 Å². The van der Waals surface area contributed by atoms with Gasteiger partial charge < -0.3 is 21.1 Å². The van der Waals surface area contributed by atoms with Crippen molar-refractivity contribution in [3.05, 3.63) is 12.2 Å². The monoisotopic (exact) mass is 329 g/mol. The van der Waals surface area contributed by atoms with E-state index in [0.29, 0.717) is 25.7 Å². The molecule has 6 heteroatoms. The first kappa shape index (κ1) is 21.8. The highest BCUT2D eigenvalue weighted by Crippen LogP contribution is 2.13. The molecule has 0 heterocycles. The smallest absolute Gasteiger partial charge is 0.328 e. The lowest BCUT2D eigenvalue weighted by Crippen LogP contribution is -2.60. The number of allylic oxidation sites excluding steroid dienone is 2. The number of carbonyl (C=O) groups is 2. The maximum atomic E-state index is 11.6. The van der Waals surface area contributed by atoms with Crippen molar-refractivity contribution in [1.82, 2.24) is 0 Å². The maximum Gasteiger partial charge on any atom is 0.328 e. The van der Waals surface area contributed by atoms with Gasteiger partial charge in [-0.3, -0.25) is 9.59 Å². The van der Waals surface area contributed by atoms with E-state index in [-0.39, 0.29) is 12.2 Å². The topological polar surface area (TPSA) is 121 Å². The van der Waals surface area contributed by atoms with Crippen LogP contribution in [0.1, 0.15) is 64.7 Å². The molecule has 0 unspecified atom stereocenters. The molecule has 0 aromatic heterocycles. The molecule has 0 radical (unpaired) electrons. The molecule has 0 rings (SSSR count). The fourth-order valence-electron chi connectivity index (χ4n) is 2.18. The second kappa shape index (κ2) is 12.2. The van der Waals surface area contributed by atoms with Gasteiger partial charge in [-0.05, 0) is 25.7 Å². The predicted molar refractivity (Wildman–Crippen MR) is 89.0 cm³/mol. The zero-order valence-electron chi connectivity index (χ0n) is 14.0. The predicted octanol–water partition coefficient (Wildman–Crippen LogP) is 1.78. The number of aliphatic hydroxyl groups is 2. The first-order valence-corrected chi connectivity index (χ1v) is 8.36. The van der Waals surface area contributed by atoms with Crippen molar-refractivity contribution < 1.29 is 24.9 Å². The average Bonchev–Trinajstić information content (AvgIpc) is 2.53. The summed E-state index contributed by atoms with van der Waals surface area (Å²) in [7, 11) is 0. The molecule has 0 aliphatic carbocycles. The molecule has 134 valence electrons. The van der Waals surface area contributed by atoms with Crippen LogP contribution in [0.3, 0.4) is 0 Å². The van der Waals surface area contributed by atoms with Crippen molar-refractivity contribution in [1.29, 1.82) is 0 Å². The lowest BCUT2D eigenvalue weighted by molar-refractivity contribution is -0.150. The van der Waals surface area contributed by atoms with Gasteiger partial charge in [-0.25, -0.2) is 0 Å².